The van der Waals surface area contributed by atoms with Crippen molar-refractivity contribution in [2.24, 2.45) is 4.74 Å². The predicted molar refractivity (Wildman–Crippen MR) is 153 cm³/mol. The fraction of sp³-hybridized carbons (Fsp3) is 0.400. The Morgan fingerprint density at radius 1 is 0.553 bits per heavy atom. The van der Waals surface area contributed by atoms with E-state index in [4.69, 9.17) is 19.0 Å². The standard InChI is InChI=1S/C18H14FNPSe.3C4H8O.Na/c19-17-13-7-8-14-18(17)20-21(22,15-9-3-1-4-10-15)16-11-5-2-6-12-16;3*1-2-4-5-3-1;/h1-14H;3*1-4H2;/q-1;;;;+1. The summed E-state index contributed by atoms with van der Waals surface area (Å²) in [5.41, 5.74) is 0.391. The van der Waals surface area contributed by atoms with Crippen LogP contribution in [0.15, 0.2) is 89.7 Å². The zero-order valence-electron chi connectivity index (χ0n) is 22.5. The monoisotopic (exact) mass is 613 g/mol. The molecule has 0 saturated carbocycles. The fourth-order valence-corrected chi connectivity index (χ4v) is 7.97. The zero-order valence-corrected chi connectivity index (χ0v) is 27.1. The van der Waals surface area contributed by atoms with Gasteiger partial charge in [-0.05, 0) is 38.5 Å². The Labute approximate surface area is 257 Å². The van der Waals surface area contributed by atoms with Crippen molar-refractivity contribution in [3.63, 3.8) is 0 Å². The van der Waals surface area contributed by atoms with Gasteiger partial charge in [-0.1, -0.05) is 0 Å². The zero-order chi connectivity index (χ0) is 26.0. The van der Waals surface area contributed by atoms with Crippen LogP contribution in [0.1, 0.15) is 38.5 Å². The first-order valence-corrected chi connectivity index (χ1v) is 17.1. The smallest absolute Gasteiger partial charge is 1.00 e. The van der Waals surface area contributed by atoms with E-state index < -0.39 is 5.74 Å². The molecule has 0 atom stereocenters. The van der Waals surface area contributed by atoms with Crippen LogP contribution < -0.4 is 40.2 Å². The Morgan fingerprint density at radius 3 is 1.21 bits per heavy atom. The van der Waals surface area contributed by atoms with Crippen LogP contribution in [0.4, 0.5) is 10.1 Å². The van der Waals surface area contributed by atoms with Crippen LogP contribution in [0.5, 0.6) is 0 Å². The topological polar surface area (TPSA) is 40.0 Å². The molecule has 3 aromatic rings. The molecule has 0 bridgehead atoms. The fourth-order valence-electron chi connectivity index (χ4n) is 3.74. The third-order valence-corrected chi connectivity index (χ3v) is 11.5. The van der Waals surface area contributed by atoms with Crippen LogP contribution in [0.3, 0.4) is 0 Å². The molecule has 0 spiro atoms. The molecule has 3 aliphatic heterocycles. The van der Waals surface area contributed by atoms with Crippen LogP contribution in [-0.2, 0) is 14.2 Å². The minimum Gasteiger partial charge on any atom is 1.00 e. The van der Waals surface area contributed by atoms with Gasteiger partial charge in [0.2, 0.25) is 0 Å². The van der Waals surface area contributed by atoms with E-state index in [0.717, 1.165) is 50.3 Å². The van der Waals surface area contributed by atoms with Crippen LogP contribution in [0.2, 0.25) is 0 Å². The van der Waals surface area contributed by atoms with Crippen LogP contribution >= 0.6 is 5.74 Å². The summed E-state index contributed by atoms with van der Waals surface area (Å²) in [6.07, 6.45) is 7.67. The molecule has 0 aromatic heterocycles. The van der Waals surface area contributed by atoms with E-state index in [9.17, 15) is 4.39 Å². The molecule has 0 N–H and O–H groups in total. The maximum atomic E-state index is 14.1. The molecule has 3 aliphatic rings. The van der Waals surface area contributed by atoms with E-state index >= 15 is 0 Å². The molecule has 0 radical (unpaired) electrons. The molecule has 200 valence electrons. The Hall–Kier alpha value is -0.781. The van der Waals surface area contributed by atoms with Crippen LogP contribution in [0.25, 0.3) is 0 Å². The number of rotatable bonds is 3. The summed E-state index contributed by atoms with van der Waals surface area (Å²) in [7, 11) is 0. The first-order chi connectivity index (χ1) is 18.2. The van der Waals surface area contributed by atoms with Crippen LogP contribution in [0, 0.1) is 5.82 Å². The third-order valence-electron chi connectivity index (χ3n) is 5.80. The molecule has 3 heterocycles. The van der Waals surface area contributed by atoms with Gasteiger partial charge in [0.05, 0.1) is 0 Å². The number of hydrogen-bond acceptors (Lipinski definition) is 4. The molecular weight excluding hydrogens is 574 g/mol. The molecule has 6 rings (SSSR count). The number of ether oxygens (including phenoxy) is 3. The Bertz CT molecular complexity index is 973. The summed E-state index contributed by atoms with van der Waals surface area (Å²) in [4.78, 5) is 0. The predicted octanol–water partition coefficient (Wildman–Crippen LogP) is 3.79. The van der Waals surface area contributed by atoms with Crippen molar-refractivity contribution in [2.45, 2.75) is 38.5 Å². The minimum absolute atomic E-state index is 0. The number of nitrogens with zero attached hydrogens (tertiary/aromatic N) is 1. The molecule has 3 aromatic carbocycles. The minimum atomic E-state index is -2.16. The van der Waals surface area contributed by atoms with Crippen LogP contribution in [-0.4, -0.2) is 55.2 Å². The van der Waals surface area contributed by atoms with E-state index in [1.165, 1.54) is 44.6 Å². The molecular formula is C30H38FNNaO3PSe. The first-order valence-electron chi connectivity index (χ1n) is 13.1. The number of halogens is 1. The van der Waals surface area contributed by atoms with Crippen molar-refractivity contribution >= 4 is 37.6 Å². The van der Waals surface area contributed by atoms with Gasteiger partial charge in [-0.3, -0.25) is 0 Å². The second-order valence-corrected chi connectivity index (χ2v) is 14.5. The Balaban J connectivity index is 0.000000254. The van der Waals surface area contributed by atoms with E-state index in [-0.39, 0.29) is 35.4 Å². The van der Waals surface area contributed by atoms with Gasteiger partial charge in [0.15, 0.2) is 0 Å². The molecule has 0 aliphatic carbocycles. The van der Waals surface area contributed by atoms with Gasteiger partial charge in [0, 0.05) is 39.6 Å². The van der Waals surface area contributed by atoms with Crippen molar-refractivity contribution in [1.82, 2.24) is 0 Å². The molecule has 3 fully saturated rings. The SMILES string of the molecule is C1CCOC1.C1CCOC1.C1CCOC1.Fc1ccccc1N=P([Se-])(c1ccccc1)c1ccccc1.[Na+]. The molecule has 0 unspecified atom stereocenters. The number of hydrogen-bond donors (Lipinski definition) is 0. The average Bonchev–Trinajstić information content (AvgIpc) is 3.78. The molecule has 3 saturated heterocycles. The number of benzene rings is 3. The van der Waals surface area contributed by atoms with Crippen molar-refractivity contribution in [3.05, 3.63) is 90.7 Å². The first kappa shape index (κ1) is 33.4. The quantitative estimate of drug-likeness (QED) is 0.334. The van der Waals surface area contributed by atoms with E-state index in [1.807, 2.05) is 66.7 Å². The maximum absolute atomic E-state index is 14.1. The van der Waals surface area contributed by atoms with Gasteiger partial charge in [0.25, 0.3) is 0 Å². The summed E-state index contributed by atoms with van der Waals surface area (Å²) in [5, 5.41) is 2.17. The van der Waals surface area contributed by atoms with Crippen molar-refractivity contribution in [3.8, 4) is 0 Å². The second kappa shape index (κ2) is 20.1. The molecule has 4 nitrogen and oxygen atoms in total. The van der Waals surface area contributed by atoms with Gasteiger partial charge < -0.3 is 14.2 Å². The summed E-state index contributed by atoms with van der Waals surface area (Å²) in [6.45, 7) is 6.00. The van der Waals surface area contributed by atoms with Gasteiger partial charge in [-0.15, -0.1) is 0 Å². The van der Waals surface area contributed by atoms with E-state index in [2.05, 4.69) is 15.6 Å². The third kappa shape index (κ3) is 12.2. The van der Waals surface area contributed by atoms with Gasteiger partial charge in [0.1, 0.15) is 0 Å². The molecule has 38 heavy (non-hydrogen) atoms. The van der Waals surface area contributed by atoms with Crippen molar-refractivity contribution in [2.75, 3.05) is 39.6 Å². The average molecular weight is 613 g/mol. The van der Waals surface area contributed by atoms with Crippen molar-refractivity contribution < 1.29 is 48.2 Å². The molecule has 0 amide bonds. The Morgan fingerprint density at radius 2 is 0.895 bits per heavy atom. The normalized spacial score (nSPS) is 15.9. The van der Waals surface area contributed by atoms with Gasteiger partial charge >= 0.3 is 167 Å². The van der Waals surface area contributed by atoms with Crippen molar-refractivity contribution in [1.29, 1.82) is 0 Å². The Kier molecular flexibility index (Phi) is 17.7. The summed E-state index contributed by atoms with van der Waals surface area (Å²) < 4.78 is 33.7. The maximum Gasteiger partial charge on any atom is 1.00 e. The second-order valence-electron chi connectivity index (χ2n) is 8.76. The summed E-state index contributed by atoms with van der Waals surface area (Å²) >= 11 is 3.28. The van der Waals surface area contributed by atoms with E-state index in [0.29, 0.717) is 5.69 Å². The largest absolute Gasteiger partial charge is 1.00 e. The van der Waals surface area contributed by atoms with Gasteiger partial charge in [-0.2, -0.15) is 0 Å². The summed E-state index contributed by atoms with van der Waals surface area (Å²) in [6, 6.07) is 26.7. The van der Waals surface area contributed by atoms with E-state index in [1.54, 1.807) is 12.1 Å². The summed E-state index contributed by atoms with van der Waals surface area (Å²) in [5.74, 6) is -2.46. The van der Waals surface area contributed by atoms with Gasteiger partial charge in [-0.25, -0.2) is 0 Å². The molecule has 8 heteroatoms.